The van der Waals surface area contributed by atoms with Crippen LogP contribution in [-0.2, 0) is 6.54 Å². The molecular weight excluding hydrogens is 309 g/mol. The van der Waals surface area contributed by atoms with E-state index < -0.39 is 0 Å². The van der Waals surface area contributed by atoms with Crippen molar-refractivity contribution in [1.29, 1.82) is 5.41 Å². The number of hydrogen-bond acceptors (Lipinski definition) is 4. The molecule has 1 aromatic carbocycles. The first kappa shape index (κ1) is 14.4. The van der Waals surface area contributed by atoms with E-state index in [1.54, 1.807) is 23.4 Å². The van der Waals surface area contributed by atoms with Gasteiger partial charge in [0.2, 0.25) is 0 Å². The minimum absolute atomic E-state index is 0.0726. The number of nitrogens with one attached hydrogen (secondary N) is 2. The molecule has 0 atom stereocenters. The molecule has 120 valence electrons. The highest BCUT2D eigenvalue weighted by molar-refractivity contribution is 6.23. The van der Waals surface area contributed by atoms with Gasteiger partial charge in [-0.3, -0.25) is 10.4 Å². The van der Waals surface area contributed by atoms with Crippen LogP contribution in [0, 0.1) is 11.2 Å². The molecule has 0 radical (unpaired) electrons. The van der Waals surface area contributed by atoms with Crippen LogP contribution in [0.4, 0.5) is 4.39 Å². The number of halogens is 1. The summed E-state index contributed by atoms with van der Waals surface area (Å²) in [6, 6.07) is 7.98. The third-order valence-electron chi connectivity index (χ3n) is 3.96. The Kier molecular flexibility index (Phi) is 3.26. The number of benzene rings is 1. The summed E-state index contributed by atoms with van der Waals surface area (Å²) >= 11 is 0. The number of fused-ring (bicyclic) bond motifs is 1. The second-order valence-corrected chi connectivity index (χ2v) is 5.63. The molecule has 7 heteroatoms. The van der Waals surface area contributed by atoms with Crippen molar-refractivity contribution in [2.24, 2.45) is 0 Å². The summed E-state index contributed by atoms with van der Waals surface area (Å²) in [5, 5.41) is 18.6. The number of nitrogens with zero attached hydrogens (tertiary/aromatic N) is 3. The summed E-state index contributed by atoms with van der Waals surface area (Å²) < 4.78 is 13.3. The number of rotatable bonds is 3. The van der Waals surface area contributed by atoms with E-state index in [9.17, 15) is 9.50 Å². The zero-order chi connectivity index (χ0) is 16.7. The Balaban J connectivity index is 1.64. The zero-order valence-electron chi connectivity index (χ0n) is 12.6. The Bertz CT molecular complexity index is 964. The number of aromatic amines is 1. The van der Waals surface area contributed by atoms with Crippen LogP contribution in [0.25, 0.3) is 16.6 Å². The first-order valence-electron chi connectivity index (χ1n) is 7.42. The molecule has 24 heavy (non-hydrogen) atoms. The summed E-state index contributed by atoms with van der Waals surface area (Å²) in [4.78, 5) is 13.1. The molecule has 0 saturated carbocycles. The highest BCUT2D eigenvalue weighted by Crippen LogP contribution is 2.28. The van der Waals surface area contributed by atoms with Gasteiger partial charge in [-0.15, -0.1) is 0 Å². The third-order valence-corrected chi connectivity index (χ3v) is 3.96. The first-order valence-corrected chi connectivity index (χ1v) is 7.42. The second-order valence-electron chi connectivity index (χ2n) is 5.63. The van der Waals surface area contributed by atoms with Gasteiger partial charge in [0.05, 0.1) is 23.2 Å². The van der Waals surface area contributed by atoms with Crippen molar-refractivity contribution >= 4 is 22.4 Å². The lowest BCUT2D eigenvalue weighted by molar-refractivity contribution is 0.346. The van der Waals surface area contributed by atoms with Crippen molar-refractivity contribution in [2.75, 3.05) is 6.54 Å². The summed E-state index contributed by atoms with van der Waals surface area (Å²) in [5.74, 6) is 0.252. The van der Waals surface area contributed by atoms with Gasteiger partial charge in [-0.1, -0.05) is 6.07 Å². The maximum Gasteiger partial charge on any atom is 0.145 e. The standard InChI is InChI=1S/C17H14FN5O/c18-11-3-4-12-13(6-11)22-17(21-12)15-14(24)9-23(16(15)19)8-10-2-1-5-20-7-10/h1-7,19,24H,8-9H2,(H,21,22). The van der Waals surface area contributed by atoms with Gasteiger partial charge in [-0.05, 0) is 29.8 Å². The highest BCUT2D eigenvalue weighted by Gasteiger charge is 2.30. The summed E-state index contributed by atoms with van der Waals surface area (Å²) in [6.07, 6.45) is 3.42. The van der Waals surface area contributed by atoms with Crippen LogP contribution in [0.15, 0.2) is 48.5 Å². The molecule has 3 heterocycles. The van der Waals surface area contributed by atoms with Crippen molar-refractivity contribution < 1.29 is 9.50 Å². The van der Waals surface area contributed by atoms with Gasteiger partial charge in [0.15, 0.2) is 0 Å². The molecule has 0 unspecified atom stereocenters. The fraction of sp³-hybridized carbons (Fsp3) is 0.118. The Morgan fingerprint density at radius 3 is 3.00 bits per heavy atom. The molecule has 1 aliphatic heterocycles. The van der Waals surface area contributed by atoms with E-state index in [2.05, 4.69) is 15.0 Å². The Morgan fingerprint density at radius 1 is 1.33 bits per heavy atom. The monoisotopic (exact) mass is 323 g/mol. The minimum atomic E-state index is -0.365. The van der Waals surface area contributed by atoms with Crippen LogP contribution >= 0.6 is 0 Å². The SMILES string of the molecule is N=C1C(c2nc3ccc(F)cc3[nH]2)=C(O)CN1Cc1cccnc1. The summed E-state index contributed by atoms with van der Waals surface area (Å²) in [7, 11) is 0. The summed E-state index contributed by atoms with van der Waals surface area (Å²) in [5.41, 5.74) is 2.41. The minimum Gasteiger partial charge on any atom is -0.510 e. The Labute approximate surface area is 136 Å². The van der Waals surface area contributed by atoms with E-state index in [0.717, 1.165) is 5.56 Å². The van der Waals surface area contributed by atoms with Crippen molar-refractivity contribution in [3.63, 3.8) is 0 Å². The van der Waals surface area contributed by atoms with Gasteiger partial charge >= 0.3 is 0 Å². The number of amidine groups is 1. The van der Waals surface area contributed by atoms with Crippen molar-refractivity contribution in [2.45, 2.75) is 6.54 Å². The van der Waals surface area contributed by atoms with Crippen molar-refractivity contribution in [3.05, 3.63) is 65.7 Å². The van der Waals surface area contributed by atoms with Crippen LogP contribution in [0.1, 0.15) is 11.4 Å². The molecule has 0 amide bonds. The van der Waals surface area contributed by atoms with Gasteiger partial charge in [0.25, 0.3) is 0 Å². The molecule has 0 spiro atoms. The molecule has 2 aromatic heterocycles. The molecule has 0 bridgehead atoms. The molecule has 6 nitrogen and oxygen atoms in total. The Hall–Kier alpha value is -3.22. The van der Waals surface area contributed by atoms with E-state index in [-0.39, 0.29) is 24.0 Å². The molecule has 0 aliphatic carbocycles. The molecule has 0 fully saturated rings. The lowest BCUT2D eigenvalue weighted by atomic mass is 10.2. The van der Waals surface area contributed by atoms with E-state index >= 15 is 0 Å². The lowest BCUT2D eigenvalue weighted by Crippen LogP contribution is -2.26. The molecular formula is C17H14FN5O. The van der Waals surface area contributed by atoms with Crippen LogP contribution in [-0.4, -0.2) is 37.3 Å². The third kappa shape index (κ3) is 2.40. The molecule has 3 aromatic rings. The van der Waals surface area contributed by atoms with Gasteiger partial charge in [0.1, 0.15) is 23.2 Å². The fourth-order valence-electron chi connectivity index (χ4n) is 2.83. The topological polar surface area (TPSA) is 88.9 Å². The second kappa shape index (κ2) is 5.45. The predicted molar refractivity (Wildman–Crippen MR) is 88.0 cm³/mol. The average Bonchev–Trinajstić information content (AvgIpc) is 3.08. The maximum atomic E-state index is 13.3. The number of aliphatic hydroxyl groups is 1. The normalized spacial score (nSPS) is 14.9. The van der Waals surface area contributed by atoms with Gasteiger partial charge in [0, 0.05) is 18.9 Å². The van der Waals surface area contributed by atoms with Crippen molar-refractivity contribution in [3.8, 4) is 0 Å². The van der Waals surface area contributed by atoms with E-state index in [1.165, 1.54) is 12.1 Å². The van der Waals surface area contributed by atoms with Crippen LogP contribution in [0.5, 0.6) is 0 Å². The number of hydrogen-bond donors (Lipinski definition) is 3. The number of aromatic nitrogens is 3. The average molecular weight is 323 g/mol. The van der Waals surface area contributed by atoms with E-state index in [0.29, 0.717) is 29.0 Å². The summed E-state index contributed by atoms with van der Waals surface area (Å²) in [6.45, 7) is 0.698. The lowest BCUT2D eigenvalue weighted by Gasteiger charge is -2.18. The smallest absolute Gasteiger partial charge is 0.145 e. The van der Waals surface area contributed by atoms with Gasteiger partial charge in [-0.2, -0.15) is 0 Å². The molecule has 4 rings (SSSR count). The highest BCUT2D eigenvalue weighted by atomic mass is 19.1. The Morgan fingerprint density at radius 2 is 2.21 bits per heavy atom. The largest absolute Gasteiger partial charge is 0.510 e. The number of pyridine rings is 1. The first-order chi connectivity index (χ1) is 11.6. The number of imidazole rings is 1. The van der Waals surface area contributed by atoms with Gasteiger partial charge in [-0.25, -0.2) is 9.37 Å². The maximum absolute atomic E-state index is 13.3. The van der Waals surface area contributed by atoms with Crippen LogP contribution < -0.4 is 0 Å². The molecule has 3 N–H and O–H groups in total. The van der Waals surface area contributed by atoms with E-state index in [4.69, 9.17) is 5.41 Å². The number of aliphatic hydroxyl groups excluding tert-OH is 1. The fourth-order valence-corrected chi connectivity index (χ4v) is 2.83. The molecule has 1 aliphatic rings. The van der Waals surface area contributed by atoms with Crippen LogP contribution in [0.2, 0.25) is 0 Å². The quantitative estimate of drug-likeness (QED) is 0.691. The van der Waals surface area contributed by atoms with Gasteiger partial charge < -0.3 is 15.0 Å². The zero-order valence-corrected chi connectivity index (χ0v) is 12.6. The molecule has 0 saturated heterocycles. The van der Waals surface area contributed by atoms with Crippen molar-refractivity contribution in [1.82, 2.24) is 19.9 Å². The van der Waals surface area contributed by atoms with E-state index in [1.807, 2.05) is 12.1 Å². The number of H-pyrrole nitrogens is 1. The van der Waals surface area contributed by atoms with Crippen LogP contribution in [0.3, 0.4) is 0 Å². The predicted octanol–water partition coefficient (Wildman–Crippen LogP) is 2.86.